The van der Waals surface area contributed by atoms with E-state index in [4.69, 9.17) is 16.6 Å². The second-order valence-electron chi connectivity index (χ2n) is 5.48. The summed E-state index contributed by atoms with van der Waals surface area (Å²) in [7, 11) is 0. The molecule has 1 heterocycles. The molecule has 1 aromatic heterocycles. The van der Waals surface area contributed by atoms with E-state index in [2.05, 4.69) is 0 Å². The van der Waals surface area contributed by atoms with Crippen LogP contribution in [-0.2, 0) is 11.2 Å². The van der Waals surface area contributed by atoms with E-state index in [9.17, 15) is 4.79 Å². The minimum Gasteiger partial charge on any atom is -0.317 e. The highest BCUT2D eigenvalue weighted by Gasteiger charge is 2.18. The third-order valence-electron chi connectivity index (χ3n) is 3.92. The number of benzene rings is 2. The monoisotopic (exact) mass is 312 g/mol. The van der Waals surface area contributed by atoms with Crippen LogP contribution in [0.25, 0.3) is 11.0 Å². The molecular weight excluding hydrogens is 296 g/mol. The van der Waals surface area contributed by atoms with Crippen LogP contribution in [0.2, 0.25) is 5.02 Å². The maximum absolute atomic E-state index is 11.9. The lowest BCUT2D eigenvalue weighted by Gasteiger charge is -2.15. The summed E-state index contributed by atoms with van der Waals surface area (Å²) in [5.74, 6) is 1.02. The zero-order valence-corrected chi connectivity index (χ0v) is 13.3. The van der Waals surface area contributed by atoms with Gasteiger partial charge in [-0.1, -0.05) is 35.9 Å². The van der Waals surface area contributed by atoms with Gasteiger partial charge in [-0.25, -0.2) is 4.98 Å². The van der Waals surface area contributed by atoms with Crippen LogP contribution in [0.3, 0.4) is 0 Å². The molecule has 3 rings (SSSR count). The smallest absolute Gasteiger partial charge is 0.152 e. The van der Waals surface area contributed by atoms with E-state index < -0.39 is 0 Å². The second kappa shape index (κ2) is 5.93. The fourth-order valence-corrected chi connectivity index (χ4v) is 2.74. The Morgan fingerprint density at radius 2 is 1.86 bits per heavy atom. The number of nitrogens with zero attached hydrogens (tertiary/aromatic N) is 2. The number of para-hydroxylation sites is 2. The zero-order chi connectivity index (χ0) is 15.7. The van der Waals surface area contributed by atoms with Gasteiger partial charge in [0.2, 0.25) is 0 Å². The molecule has 0 saturated carbocycles. The van der Waals surface area contributed by atoms with Gasteiger partial charge in [0.15, 0.2) is 5.78 Å². The molecular formula is C18H17ClN2O. The topological polar surface area (TPSA) is 34.9 Å². The number of rotatable bonds is 4. The Labute approximate surface area is 134 Å². The molecule has 0 spiro atoms. The molecule has 0 radical (unpaired) electrons. The van der Waals surface area contributed by atoms with Crippen LogP contribution in [0.1, 0.15) is 31.3 Å². The van der Waals surface area contributed by atoms with Gasteiger partial charge >= 0.3 is 0 Å². The lowest BCUT2D eigenvalue weighted by molar-refractivity contribution is -0.119. The molecule has 1 atom stereocenters. The first-order chi connectivity index (χ1) is 10.6. The normalized spacial score (nSPS) is 12.5. The van der Waals surface area contributed by atoms with Crippen LogP contribution in [0.5, 0.6) is 0 Å². The fraction of sp³-hybridized carbons (Fsp3) is 0.222. The van der Waals surface area contributed by atoms with E-state index in [1.54, 1.807) is 6.92 Å². The van der Waals surface area contributed by atoms with Crippen LogP contribution in [0.4, 0.5) is 0 Å². The Balaban J connectivity index is 2.09. The summed E-state index contributed by atoms with van der Waals surface area (Å²) in [6.07, 6.45) is 0.670. The Kier molecular flexibility index (Phi) is 3.99. The van der Waals surface area contributed by atoms with Gasteiger partial charge in [-0.05, 0) is 43.7 Å². The van der Waals surface area contributed by atoms with Crippen LogP contribution in [-0.4, -0.2) is 15.3 Å². The molecule has 0 saturated heterocycles. The van der Waals surface area contributed by atoms with E-state index >= 15 is 0 Å². The summed E-state index contributed by atoms with van der Waals surface area (Å²) in [5, 5.41) is 0.717. The fourth-order valence-electron chi connectivity index (χ4n) is 2.62. The van der Waals surface area contributed by atoms with Gasteiger partial charge in [0.25, 0.3) is 0 Å². The Morgan fingerprint density at radius 3 is 2.55 bits per heavy atom. The first-order valence-electron chi connectivity index (χ1n) is 7.27. The quantitative estimate of drug-likeness (QED) is 0.714. The molecule has 1 unspecified atom stereocenters. The summed E-state index contributed by atoms with van der Waals surface area (Å²) in [5.41, 5.74) is 3.03. The number of carbonyl (C=O) groups is 1. The van der Waals surface area contributed by atoms with Crippen molar-refractivity contribution in [2.24, 2.45) is 0 Å². The highest BCUT2D eigenvalue weighted by molar-refractivity contribution is 6.30. The zero-order valence-electron chi connectivity index (χ0n) is 12.6. The minimum absolute atomic E-state index is 0.125. The van der Waals surface area contributed by atoms with Crippen molar-refractivity contribution >= 4 is 28.4 Å². The van der Waals surface area contributed by atoms with Gasteiger partial charge in [0.05, 0.1) is 17.1 Å². The van der Waals surface area contributed by atoms with Gasteiger partial charge in [-0.3, -0.25) is 4.79 Å². The van der Waals surface area contributed by atoms with Crippen LogP contribution < -0.4 is 0 Å². The number of aromatic nitrogens is 2. The molecule has 22 heavy (non-hydrogen) atoms. The number of imidazole rings is 1. The van der Waals surface area contributed by atoms with Crippen molar-refractivity contribution in [3.05, 3.63) is 64.9 Å². The molecule has 0 aliphatic heterocycles. The number of halogens is 1. The molecule has 2 aromatic carbocycles. The molecule has 0 N–H and O–H groups in total. The molecule has 0 amide bonds. The number of fused-ring (bicyclic) bond motifs is 1. The second-order valence-corrected chi connectivity index (χ2v) is 5.91. The maximum atomic E-state index is 11.9. The maximum Gasteiger partial charge on any atom is 0.152 e. The Hall–Kier alpha value is -2.13. The molecule has 112 valence electrons. The van der Waals surface area contributed by atoms with Crippen molar-refractivity contribution in [1.29, 1.82) is 0 Å². The highest BCUT2D eigenvalue weighted by atomic mass is 35.5. The van der Waals surface area contributed by atoms with Crippen LogP contribution in [0.15, 0.2) is 48.5 Å². The number of ketones is 1. The van der Waals surface area contributed by atoms with Crippen molar-refractivity contribution in [3.8, 4) is 0 Å². The van der Waals surface area contributed by atoms with Gasteiger partial charge in [-0.2, -0.15) is 0 Å². The molecule has 4 heteroatoms. The summed E-state index contributed by atoms with van der Waals surface area (Å²) in [6.45, 7) is 3.54. The average molecular weight is 313 g/mol. The summed E-state index contributed by atoms with van der Waals surface area (Å²) >= 11 is 5.94. The lowest BCUT2D eigenvalue weighted by atomic mass is 10.1. The average Bonchev–Trinajstić information content (AvgIpc) is 2.86. The van der Waals surface area contributed by atoms with Gasteiger partial charge < -0.3 is 4.57 Å². The van der Waals surface area contributed by atoms with Gasteiger partial charge in [0.1, 0.15) is 5.82 Å². The Morgan fingerprint density at radius 1 is 1.18 bits per heavy atom. The predicted molar refractivity (Wildman–Crippen MR) is 89.4 cm³/mol. The van der Waals surface area contributed by atoms with E-state index in [0.717, 1.165) is 22.4 Å². The predicted octanol–water partition coefficient (Wildman–Crippen LogP) is 4.43. The van der Waals surface area contributed by atoms with Crippen molar-refractivity contribution in [2.45, 2.75) is 26.3 Å². The molecule has 0 bridgehead atoms. The van der Waals surface area contributed by atoms with Crippen molar-refractivity contribution < 1.29 is 4.79 Å². The standard InChI is InChI=1S/C18H17ClN2O/c1-12(13(2)22)21-17-6-4-3-5-16(17)20-18(21)11-14-7-9-15(19)10-8-14/h3-10,12H,11H2,1-2H3. The van der Waals surface area contributed by atoms with Gasteiger partial charge in [-0.15, -0.1) is 0 Å². The third-order valence-corrected chi connectivity index (χ3v) is 4.17. The number of carbonyl (C=O) groups excluding carboxylic acids is 1. The van der Waals surface area contributed by atoms with E-state index in [0.29, 0.717) is 11.4 Å². The van der Waals surface area contributed by atoms with E-state index in [-0.39, 0.29) is 11.8 Å². The molecule has 3 nitrogen and oxygen atoms in total. The summed E-state index contributed by atoms with van der Waals surface area (Å²) in [6, 6.07) is 15.4. The van der Waals surface area contributed by atoms with Crippen molar-refractivity contribution in [2.75, 3.05) is 0 Å². The van der Waals surface area contributed by atoms with E-state index in [1.807, 2.05) is 60.0 Å². The molecule has 3 aromatic rings. The number of Topliss-reactive ketones (excluding diaryl/α,β-unsaturated/α-hetero) is 1. The van der Waals surface area contributed by atoms with Crippen LogP contribution >= 0.6 is 11.6 Å². The number of hydrogen-bond donors (Lipinski definition) is 0. The number of hydrogen-bond acceptors (Lipinski definition) is 2. The summed E-state index contributed by atoms with van der Waals surface area (Å²) < 4.78 is 2.03. The van der Waals surface area contributed by atoms with E-state index in [1.165, 1.54) is 0 Å². The highest BCUT2D eigenvalue weighted by Crippen LogP contribution is 2.24. The summed E-state index contributed by atoms with van der Waals surface area (Å²) in [4.78, 5) is 16.6. The molecule has 0 fully saturated rings. The Bertz CT molecular complexity index is 821. The van der Waals surface area contributed by atoms with Crippen LogP contribution in [0, 0.1) is 0 Å². The largest absolute Gasteiger partial charge is 0.317 e. The SMILES string of the molecule is CC(=O)C(C)n1c(Cc2ccc(Cl)cc2)nc2ccccc21. The van der Waals surface area contributed by atoms with Crippen molar-refractivity contribution in [3.63, 3.8) is 0 Å². The van der Waals surface area contributed by atoms with Gasteiger partial charge in [0, 0.05) is 11.4 Å². The first kappa shape index (κ1) is 14.8. The minimum atomic E-state index is -0.227. The van der Waals surface area contributed by atoms with Crippen molar-refractivity contribution in [1.82, 2.24) is 9.55 Å². The third kappa shape index (κ3) is 2.77. The lowest BCUT2D eigenvalue weighted by Crippen LogP contribution is -2.16. The first-order valence-corrected chi connectivity index (χ1v) is 7.65. The molecule has 0 aliphatic carbocycles. The molecule has 0 aliphatic rings.